The fourth-order valence-electron chi connectivity index (χ4n) is 3.99. The standard InChI is InChI=1S/C27H28N6O4S/c1-27(2,3)25-32-24(37-33-25)20-15-28-26(31-23(20)30-21(16-34)17-8-5-4-6-9-17)29-19-11-12-22-18(14-19)10-7-13-38(22,35)36/h4-12,14-15,21,34H,13,16H2,1-3H3,(H2,28,29,30,31)/t21-/m1/s1. The Hall–Kier alpha value is -4.09. The van der Waals surface area contributed by atoms with Crippen LogP contribution in [-0.4, -0.2) is 46.0 Å². The van der Waals surface area contributed by atoms with Gasteiger partial charge in [-0.1, -0.05) is 68.4 Å². The first-order valence-corrected chi connectivity index (χ1v) is 13.7. The Labute approximate surface area is 220 Å². The van der Waals surface area contributed by atoms with Gasteiger partial charge in [0.05, 0.1) is 23.3 Å². The zero-order valence-electron chi connectivity index (χ0n) is 21.2. The molecule has 0 amide bonds. The molecular formula is C27H28N6O4S. The zero-order chi connectivity index (χ0) is 26.9. The summed E-state index contributed by atoms with van der Waals surface area (Å²) in [5.74, 6) is 1.43. The molecule has 0 unspecified atom stereocenters. The molecule has 38 heavy (non-hydrogen) atoms. The molecule has 10 nitrogen and oxygen atoms in total. The van der Waals surface area contributed by atoms with Crippen LogP contribution >= 0.6 is 0 Å². The van der Waals surface area contributed by atoms with Crippen LogP contribution in [0.5, 0.6) is 0 Å². The number of benzene rings is 2. The van der Waals surface area contributed by atoms with E-state index in [4.69, 9.17) is 4.52 Å². The van der Waals surface area contributed by atoms with E-state index in [9.17, 15) is 13.5 Å². The Balaban J connectivity index is 1.51. The minimum absolute atomic E-state index is 0.00752. The van der Waals surface area contributed by atoms with Gasteiger partial charge in [0.15, 0.2) is 15.7 Å². The molecule has 2 aromatic heterocycles. The van der Waals surface area contributed by atoms with Crippen molar-refractivity contribution < 1.29 is 18.0 Å². The van der Waals surface area contributed by atoms with Crippen LogP contribution in [0.15, 0.2) is 70.2 Å². The van der Waals surface area contributed by atoms with Crippen LogP contribution in [0, 0.1) is 0 Å². The van der Waals surface area contributed by atoms with Crippen LogP contribution in [0.4, 0.5) is 17.5 Å². The molecule has 196 valence electrons. The average molecular weight is 533 g/mol. The number of aliphatic hydroxyl groups is 1. The predicted molar refractivity (Wildman–Crippen MR) is 145 cm³/mol. The van der Waals surface area contributed by atoms with Gasteiger partial charge in [-0.15, -0.1) is 0 Å². The lowest BCUT2D eigenvalue weighted by atomic mass is 9.96. The molecule has 0 fully saturated rings. The topological polar surface area (TPSA) is 143 Å². The molecule has 1 aliphatic rings. The molecule has 1 atom stereocenters. The van der Waals surface area contributed by atoms with E-state index in [1.807, 2.05) is 51.1 Å². The van der Waals surface area contributed by atoms with Crippen molar-refractivity contribution in [2.75, 3.05) is 23.0 Å². The highest BCUT2D eigenvalue weighted by Gasteiger charge is 2.25. The maximum Gasteiger partial charge on any atom is 0.263 e. The summed E-state index contributed by atoms with van der Waals surface area (Å²) in [4.78, 5) is 13.9. The lowest BCUT2D eigenvalue weighted by Gasteiger charge is -2.19. The van der Waals surface area contributed by atoms with E-state index >= 15 is 0 Å². The molecule has 2 aromatic carbocycles. The van der Waals surface area contributed by atoms with Crippen molar-refractivity contribution in [3.8, 4) is 11.5 Å². The number of rotatable bonds is 7. The van der Waals surface area contributed by atoms with Crippen molar-refractivity contribution in [3.05, 3.63) is 77.8 Å². The maximum absolute atomic E-state index is 12.3. The number of hydrogen-bond donors (Lipinski definition) is 3. The van der Waals surface area contributed by atoms with Crippen molar-refractivity contribution >= 4 is 33.4 Å². The van der Waals surface area contributed by atoms with E-state index < -0.39 is 15.9 Å². The zero-order valence-corrected chi connectivity index (χ0v) is 22.0. The number of nitrogens with zero attached hydrogens (tertiary/aromatic N) is 4. The Morgan fingerprint density at radius 3 is 2.61 bits per heavy atom. The summed E-state index contributed by atoms with van der Waals surface area (Å²) in [7, 11) is -3.33. The molecule has 3 heterocycles. The van der Waals surface area contributed by atoms with E-state index in [0.29, 0.717) is 33.4 Å². The first-order chi connectivity index (χ1) is 18.1. The van der Waals surface area contributed by atoms with Crippen LogP contribution in [0.2, 0.25) is 0 Å². The summed E-state index contributed by atoms with van der Waals surface area (Å²) in [6, 6.07) is 14.0. The minimum Gasteiger partial charge on any atom is -0.394 e. The summed E-state index contributed by atoms with van der Waals surface area (Å²) in [6.07, 6.45) is 4.98. The van der Waals surface area contributed by atoms with Crippen LogP contribution in [0.1, 0.15) is 43.8 Å². The summed E-state index contributed by atoms with van der Waals surface area (Å²) >= 11 is 0. The molecule has 1 aliphatic heterocycles. The van der Waals surface area contributed by atoms with Gasteiger partial charge in [0.2, 0.25) is 5.95 Å². The summed E-state index contributed by atoms with van der Waals surface area (Å²) in [6.45, 7) is 5.78. The molecule has 11 heteroatoms. The Morgan fingerprint density at radius 2 is 1.89 bits per heavy atom. The highest BCUT2D eigenvalue weighted by Crippen LogP contribution is 2.32. The first-order valence-electron chi connectivity index (χ1n) is 12.1. The average Bonchev–Trinajstić information content (AvgIpc) is 3.39. The SMILES string of the molecule is CC(C)(C)c1noc(-c2cnc(Nc3ccc4c(c3)C=CCS4(=O)=O)nc2N[C@H](CO)c2ccccc2)n1. The lowest BCUT2D eigenvalue weighted by molar-refractivity contribution is 0.276. The van der Waals surface area contributed by atoms with Crippen LogP contribution in [-0.2, 0) is 15.3 Å². The van der Waals surface area contributed by atoms with Gasteiger partial charge < -0.3 is 20.3 Å². The normalized spacial score (nSPS) is 15.1. The highest BCUT2D eigenvalue weighted by atomic mass is 32.2. The van der Waals surface area contributed by atoms with Gasteiger partial charge in [-0.25, -0.2) is 13.4 Å². The Morgan fingerprint density at radius 1 is 1.11 bits per heavy atom. The van der Waals surface area contributed by atoms with Crippen LogP contribution in [0.3, 0.4) is 0 Å². The second kappa shape index (κ2) is 9.99. The van der Waals surface area contributed by atoms with Crippen LogP contribution in [0.25, 0.3) is 17.5 Å². The number of nitrogens with one attached hydrogen (secondary N) is 2. The van der Waals surface area contributed by atoms with Gasteiger partial charge in [-0.3, -0.25) is 0 Å². The Kier molecular flexibility index (Phi) is 6.72. The number of anilines is 3. The smallest absolute Gasteiger partial charge is 0.263 e. The minimum atomic E-state index is -3.33. The number of hydrogen-bond acceptors (Lipinski definition) is 10. The molecule has 0 radical (unpaired) electrons. The summed E-state index contributed by atoms with van der Waals surface area (Å²) in [5, 5.41) is 20.7. The summed E-state index contributed by atoms with van der Waals surface area (Å²) < 4.78 is 30.2. The van der Waals surface area contributed by atoms with E-state index in [0.717, 1.165) is 5.56 Å². The molecule has 0 bridgehead atoms. The number of fused-ring (bicyclic) bond motifs is 1. The molecule has 3 N–H and O–H groups in total. The third-order valence-corrected chi connectivity index (χ3v) is 7.70. The third kappa shape index (κ3) is 5.29. The van der Waals surface area contributed by atoms with Crippen molar-refractivity contribution in [2.45, 2.75) is 37.1 Å². The second-order valence-corrected chi connectivity index (χ2v) is 12.0. The van der Waals surface area contributed by atoms with Crippen molar-refractivity contribution in [1.82, 2.24) is 20.1 Å². The van der Waals surface area contributed by atoms with Gasteiger partial charge in [0, 0.05) is 17.3 Å². The maximum atomic E-state index is 12.3. The number of aromatic nitrogens is 4. The van der Waals surface area contributed by atoms with Gasteiger partial charge in [0.1, 0.15) is 11.4 Å². The Bertz CT molecular complexity index is 1590. The van der Waals surface area contributed by atoms with Gasteiger partial charge >= 0.3 is 0 Å². The van der Waals surface area contributed by atoms with E-state index in [1.54, 1.807) is 36.5 Å². The fraction of sp³-hybridized carbons (Fsp3) is 0.259. The molecule has 0 saturated heterocycles. The predicted octanol–water partition coefficient (Wildman–Crippen LogP) is 4.51. The quantitative estimate of drug-likeness (QED) is 0.311. The molecule has 0 spiro atoms. The molecule has 5 rings (SSSR count). The van der Waals surface area contributed by atoms with Gasteiger partial charge in [-0.05, 0) is 29.3 Å². The number of sulfone groups is 1. The van der Waals surface area contributed by atoms with E-state index in [-0.39, 0.29) is 29.6 Å². The van der Waals surface area contributed by atoms with Crippen LogP contribution < -0.4 is 10.6 Å². The van der Waals surface area contributed by atoms with Gasteiger partial charge in [0.25, 0.3) is 5.89 Å². The van der Waals surface area contributed by atoms with Crippen molar-refractivity contribution in [3.63, 3.8) is 0 Å². The first kappa shape index (κ1) is 25.6. The summed E-state index contributed by atoms with van der Waals surface area (Å²) in [5.41, 5.74) is 2.26. The molecule has 4 aromatic rings. The second-order valence-electron chi connectivity index (χ2n) is 9.98. The lowest BCUT2D eigenvalue weighted by Crippen LogP contribution is -2.17. The van der Waals surface area contributed by atoms with E-state index in [2.05, 4.69) is 30.7 Å². The fourth-order valence-corrected chi connectivity index (χ4v) is 5.28. The number of aliphatic hydroxyl groups excluding tert-OH is 1. The highest BCUT2D eigenvalue weighted by molar-refractivity contribution is 7.91. The van der Waals surface area contributed by atoms with E-state index in [1.165, 1.54) is 0 Å². The monoisotopic (exact) mass is 532 g/mol. The van der Waals surface area contributed by atoms with Crippen molar-refractivity contribution in [2.24, 2.45) is 0 Å². The third-order valence-electron chi connectivity index (χ3n) is 6.03. The van der Waals surface area contributed by atoms with Gasteiger partial charge in [-0.2, -0.15) is 9.97 Å². The molecule has 0 aliphatic carbocycles. The molecular weight excluding hydrogens is 504 g/mol. The molecule has 0 saturated carbocycles. The van der Waals surface area contributed by atoms with Crippen molar-refractivity contribution in [1.29, 1.82) is 0 Å². The largest absolute Gasteiger partial charge is 0.394 e.